The largest absolute Gasteiger partial charge is 0.491 e. The van der Waals surface area contributed by atoms with E-state index >= 15 is 0 Å². The van der Waals surface area contributed by atoms with Gasteiger partial charge in [0.15, 0.2) is 0 Å². The molecule has 0 saturated carbocycles. The monoisotopic (exact) mass is 252 g/mol. The smallest absolute Gasteiger partial charge is 0.308 e. The van der Waals surface area contributed by atoms with E-state index in [9.17, 15) is 4.79 Å². The molecular weight excluding hydrogens is 232 g/mol. The molecule has 0 saturated heterocycles. The summed E-state index contributed by atoms with van der Waals surface area (Å²) in [6.45, 7) is 5.21. The van der Waals surface area contributed by atoms with Crippen molar-refractivity contribution in [1.82, 2.24) is 10.3 Å². The Hall–Kier alpha value is -1.62. The van der Waals surface area contributed by atoms with Gasteiger partial charge in [0.1, 0.15) is 5.75 Å². The minimum Gasteiger partial charge on any atom is -0.491 e. The second-order valence-corrected chi connectivity index (χ2v) is 4.20. The minimum absolute atomic E-state index is 0.243. The van der Waals surface area contributed by atoms with Gasteiger partial charge in [0.25, 0.3) is 0 Å². The number of nitrogens with zero attached hydrogens (tertiary/aromatic N) is 1. The Morgan fingerprint density at radius 1 is 1.44 bits per heavy atom. The zero-order chi connectivity index (χ0) is 13.4. The summed E-state index contributed by atoms with van der Waals surface area (Å²) < 4.78 is 9.89. The van der Waals surface area contributed by atoms with Crippen LogP contribution in [0.15, 0.2) is 18.3 Å². The van der Waals surface area contributed by atoms with Crippen LogP contribution in [-0.2, 0) is 16.1 Å². The first-order valence-electron chi connectivity index (χ1n) is 5.99. The summed E-state index contributed by atoms with van der Waals surface area (Å²) in [6.07, 6.45) is 1.90. The molecule has 0 aliphatic heterocycles. The third-order valence-corrected chi connectivity index (χ3v) is 2.29. The summed E-state index contributed by atoms with van der Waals surface area (Å²) in [6, 6.07) is 4.19. The van der Waals surface area contributed by atoms with Crippen molar-refractivity contribution < 1.29 is 14.3 Å². The van der Waals surface area contributed by atoms with E-state index in [1.807, 2.05) is 12.1 Å². The van der Waals surface area contributed by atoms with Gasteiger partial charge >= 0.3 is 5.97 Å². The van der Waals surface area contributed by atoms with Crippen LogP contribution in [-0.4, -0.2) is 30.7 Å². The maximum Gasteiger partial charge on any atom is 0.308 e. The molecule has 5 nitrogen and oxygen atoms in total. The summed E-state index contributed by atoms with van der Waals surface area (Å²) in [7, 11) is 1.36. The van der Waals surface area contributed by atoms with Gasteiger partial charge in [-0.3, -0.25) is 9.78 Å². The summed E-state index contributed by atoms with van der Waals surface area (Å²) in [5.41, 5.74) is 0.962. The Labute approximate surface area is 108 Å². The van der Waals surface area contributed by atoms with Crippen molar-refractivity contribution >= 4 is 5.97 Å². The molecule has 0 aromatic carbocycles. The fourth-order valence-electron chi connectivity index (χ4n) is 1.26. The molecular formula is C13H20N2O3. The van der Waals surface area contributed by atoms with Gasteiger partial charge < -0.3 is 14.8 Å². The molecule has 0 spiro atoms. The SMILES string of the molecule is COC(=O)CCOc1ccc(CNC(C)C)nc1. The Morgan fingerprint density at radius 2 is 2.22 bits per heavy atom. The quantitative estimate of drug-likeness (QED) is 0.746. The highest BCUT2D eigenvalue weighted by Gasteiger charge is 2.02. The summed E-state index contributed by atoms with van der Waals surface area (Å²) in [4.78, 5) is 15.1. The number of esters is 1. The molecule has 0 unspecified atom stereocenters. The lowest BCUT2D eigenvalue weighted by atomic mass is 10.3. The molecule has 1 N–H and O–H groups in total. The number of hydrogen-bond acceptors (Lipinski definition) is 5. The second-order valence-electron chi connectivity index (χ2n) is 4.20. The van der Waals surface area contributed by atoms with Crippen molar-refractivity contribution in [2.24, 2.45) is 0 Å². The first kappa shape index (κ1) is 14.4. The van der Waals surface area contributed by atoms with E-state index in [4.69, 9.17) is 4.74 Å². The maximum absolute atomic E-state index is 10.9. The van der Waals surface area contributed by atoms with E-state index < -0.39 is 0 Å². The second kappa shape index (κ2) is 7.66. The number of methoxy groups -OCH3 is 1. The number of carbonyl (C=O) groups excluding carboxylic acids is 1. The number of nitrogens with one attached hydrogen (secondary N) is 1. The molecule has 0 bridgehead atoms. The van der Waals surface area contributed by atoms with E-state index in [1.54, 1.807) is 6.20 Å². The lowest BCUT2D eigenvalue weighted by molar-refractivity contribution is -0.141. The van der Waals surface area contributed by atoms with E-state index in [0.717, 1.165) is 12.2 Å². The summed E-state index contributed by atoms with van der Waals surface area (Å²) in [5.74, 6) is 0.382. The van der Waals surface area contributed by atoms with Crippen LogP contribution in [0.3, 0.4) is 0 Å². The lowest BCUT2D eigenvalue weighted by Gasteiger charge is -2.08. The van der Waals surface area contributed by atoms with Crippen LogP contribution in [0, 0.1) is 0 Å². The van der Waals surface area contributed by atoms with E-state index in [0.29, 0.717) is 18.4 Å². The molecule has 0 fully saturated rings. The minimum atomic E-state index is -0.277. The van der Waals surface area contributed by atoms with Crippen LogP contribution >= 0.6 is 0 Å². The van der Waals surface area contributed by atoms with Crippen molar-refractivity contribution in [3.63, 3.8) is 0 Å². The van der Waals surface area contributed by atoms with Crippen LogP contribution in [0.25, 0.3) is 0 Å². The summed E-state index contributed by atoms with van der Waals surface area (Å²) in [5, 5.41) is 3.28. The van der Waals surface area contributed by atoms with E-state index in [-0.39, 0.29) is 12.4 Å². The molecule has 0 aliphatic rings. The molecule has 0 amide bonds. The lowest BCUT2D eigenvalue weighted by Crippen LogP contribution is -2.22. The number of aromatic nitrogens is 1. The van der Waals surface area contributed by atoms with Gasteiger partial charge in [0.2, 0.25) is 0 Å². The predicted octanol–water partition coefficient (Wildman–Crippen LogP) is 1.52. The topological polar surface area (TPSA) is 60.5 Å². The number of hydrogen-bond donors (Lipinski definition) is 1. The van der Waals surface area contributed by atoms with E-state index in [2.05, 4.69) is 28.9 Å². The van der Waals surface area contributed by atoms with Crippen LogP contribution < -0.4 is 10.1 Å². The Morgan fingerprint density at radius 3 is 2.78 bits per heavy atom. The van der Waals surface area contributed by atoms with Gasteiger partial charge in [-0.05, 0) is 12.1 Å². The van der Waals surface area contributed by atoms with Crippen LogP contribution in [0.4, 0.5) is 0 Å². The Balaban J connectivity index is 2.33. The highest BCUT2D eigenvalue weighted by atomic mass is 16.5. The number of rotatable bonds is 7. The fraction of sp³-hybridized carbons (Fsp3) is 0.538. The maximum atomic E-state index is 10.9. The fourth-order valence-corrected chi connectivity index (χ4v) is 1.26. The normalized spacial score (nSPS) is 10.4. The summed E-state index contributed by atoms with van der Waals surface area (Å²) >= 11 is 0. The van der Waals surface area contributed by atoms with Crippen molar-refractivity contribution in [1.29, 1.82) is 0 Å². The molecule has 1 aromatic rings. The molecule has 0 aliphatic carbocycles. The van der Waals surface area contributed by atoms with Crippen LogP contribution in [0.1, 0.15) is 26.0 Å². The first-order valence-corrected chi connectivity index (χ1v) is 5.99. The van der Waals surface area contributed by atoms with Crippen LogP contribution in [0.5, 0.6) is 5.75 Å². The number of ether oxygens (including phenoxy) is 2. The van der Waals surface area contributed by atoms with Crippen molar-refractivity contribution in [3.05, 3.63) is 24.0 Å². The van der Waals surface area contributed by atoms with Gasteiger partial charge in [-0.25, -0.2) is 0 Å². The zero-order valence-corrected chi connectivity index (χ0v) is 11.1. The van der Waals surface area contributed by atoms with Crippen LogP contribution in [0.2, 0.25) is 0 Å². The molecule has 1 heterocycles. The standard InChI is InChI=1S/C13H20N2O3/c1-10(2)14-8-11-4-5-12(9-15-11)18-7-6-13(16)17-3/h4-5,9-10,14H,6-8H2,1-3H3. The van der Waals surface area contributed by atoms with Gasteiger partial charge in [-0.1, -0.05) is 13.8 Å². The van der Waals surface area contributed by atoms with Crippen molar-refractivity contribution in [3.8, 4) is 5.75 Å². The average molecular weight is 252 g/mol. The molecule has 100 valence electrons. The third-order valence-electron chi connectivity index (χ3n) is 2.29. The molecule has 18 heavy (non-hydrogen) atoms. The molecule has 5 heteroatoms. The highest BCUT2D eigenvalue weighted by molar-refractivity contribution is 5.69. The first-order chi connectivity index (χ1) is 8.61. The van der Waals surface area contributed by atoms with Crippen molar-refractivity contribution in [2.45, 2.75) is 32.9 Å². The average Bonchev–Trinajstić information content (AvgIpc) is 2.37. The van der Waals surface area contributed by atoms with E-state index in [1.165, 1.54) is 7.11 Å². The number of carbonyl (C=O) groups is 1. The Kier molecular flexibility index (Phi) is 6.14. The predicted molar refractivity (Wildman–Crippen MR) is 68.3 cm³/mol. The Bertz CT molecular complexity index is 363. The van der Waals surface area contributed by atoms with Gasteiger partial charge in [-0.15, -0.1) is 0 Å². The number of pyridine rings is 1. The molecule has 0 radical (unpaired) electrons. The zero-order valence-electron chi connectivity index (χ0n) is 11.1. The van der Waals surface area contributed by atoms with Crippen molar-refractivity contribution in [2.75, 3.05) is 13.7 Å². The molecule has 0 atom stereocenters. The molecule has 1 aromatic heterocycles. The van der Waals surface area contributed by atoms with Gasteiger partial charge in [-0.2, -0.15) is 0 Å². The third kappa shape index (κ3) is 5.63. The molecule has 1 rings (SSSR count). The highest BCUT2D eigenvalue weighted by Crippen LogP contribution is 2.09. The van der Waals surface area contributed by atoms with Gasteiger partial charge in [0.05, 0.1) is 32.0 Å². The van der Waals surface area contributed by atoms with Gasteiger partial charge in [0, 0.05) is 12.6 Å².